The van der Waals surface area contributed by atoms with E-state index in [0.29, 0.717) is 18.3 Å². The zero-order chi connectivity index (χ0) is 12.5. The van der Waals surface area contributed by atoms with Crippen LogP contribution in [0.4, 0.5) is 0 Å². The Kier molecular flexibility index (Phi) is 6.96. The van der Waals surface area contributed by atoms with Gasteiger partial charge < -0.3 is 15.7 Å². The van der Waals surface area contributed by atoms with Gasteiger partial charge in [0.05, 0.1) is 6.61 Å². The Morgan fingerprint density at radius 3 is 2.65 bits per heavy atom. The number of rotatable bonds is 7. The maximum atomic E-state index is 8.55. The quantitative estimate of drug-likeness (QED) is 0.307. The van der Waals surface area contributed by atoms with Crippen molar-refractivity contribution in [3.05, 3.63) is 0 Å². The third-order valence-electron chi connectivity index (χ3n) is 3.46. The van der Waals surface area contributed by atoms with Crippen molar-refractivity contribution in [2.75, 3.05) is 26.8 Å². The smallest absolute Gasteiger partial charge is 0.140 e. The predicted octanol–water partition coefficient (Wildman–Crippen LogP) is 1.40. The van der Waals surface area contributed by atoms with Gasteiger partial charge in [0.1, 0.15) is 5.84 Å². The molecule has 0 aromatic heterocycles. The van der Waals surface area contributed by atoms with Gasteiger partial charge in [-0.1, -0.05) is 24.4 Å². The number of amidine groups is 1. The van der Waals surface area contributed by atoms with Crippen molar-refractivity contribution in [2.24, 2.45) is 10.9 Å². The Morgan fingerprint density at radius 2 is 2.06 bits per heavy atom. The van der Waals surface area contributed by atoms with Crippen LogP contribution in [-0.4, -0.2) is 48.8 Å². The summed E-state index contributed by atoms with van der Waals surface area (Å²) in [6, 6.07) is 0.644. The molecule has 0 radical (unpaired) electrons. The maximum absolute atomic E-state index is 8.55. The highest BCUT2D eigenvalue weighted by Gasteiger charge is 2.20. The lowest BCUT2D eigenvalue weighted by atomic mass is 9.94. The molecule has 0 bridgehead atoms. The van der Waals surface area contributed by atoms with E-state index in [1.54, 1.807) is 7.11 Å². The number of oxime groups is 1. The monoisotopic (exact) mass is 243 g/mol. The summed E-state index contributed by atoms with van der Waals surface area (Å²) in [6.07, 6.45) is 7.14. The van der Waals surface area contributed by atoms with Crippen LogP contribution in [0.3, 0.4) is 0 Å². The van der Waals surface area contributed by atoms with Gasteiger partial charge in [0, 0.05) is 32.7 Å². The van der Waals surface area contributed by atoms with E-state index in [1.165, 1.54) is 32.1 Å². The van der Waals surface area contributed by atoms with E-state index in [4.69, 9.17) is 15.7 Å². The first kappa shape index (κ1) is 14.3. The van der Waals surface area contributed by atoms with Gasteiger partial charge in [0.25, 0.3) is 0 Å². The number of nitrogens with zero attached hydrogens (tertiary/aromatic N) is 2. The summed E-state index contributed by atoms with van der Waals surface area (Å²) >= 11 is 0. The van der Waals surface area contributed by atoms with Gasteiger partial charge in [-0.2, -0.15) is 0 Å². The summed E-state index contributed by atoms with van der Waals surface area (Å²) in [6.45, 7) is 2.52. The lowest BCUT2D eigenvalue weighted by Gasteiger charge is -2.34. The number of hydrogen-bond donors (Lipinski definition) is 2. The fourth-order valence-electron chi connectivity index (χ4n) is 2.44. The highest BCUT2D eigenvalue weighted by atomic mass is 16.5. The minimum Gasteiger partial charge on any atom is -0.409 e. The molecular weight excluding hydrogens is 218 g/mol. The minimum atomic E-state index is 0.309. The highest BCUT2D eigenvalue weighted by Crippen LogP contribution is 2.22. The van der Waals surface area contributed by atoms with Crippen molar-refractivity contribution >= 4 is 5.84 Å². The summed E-state index contributed by atoms with van der Waals surface area (Å²) in [4.78, 5) is 2.42. The molecule has 0 unspecified atom stereocenters. The molecule has 0 spiro atoms. The fourth-order valence-corrected chi connectivity index (χ4v) is 2.44. The molecule has 0 aliphatic heterocycles. The van der Waals surface area contributed by atoms with Crippen LogP contribution in [0.15, 0.2) is 5.16 Å². The van der Waals surface area contributed by atoms with Gasteiger partial charge in [-0.25, -0.2) is 0 Å². The average Bonchev–Trinajstić information content (AvgIpc) is 2.39. The van der Waals surface area contributed by atoms with Crippen LogP contribution in [0.1, 0.15) is 38.5 Å². The Bertz CT molecular complexity index is 228. The molecule has 0 atom stereocenters. The topological polar surface area (TPSA) is 71.1 Å². The van der Waals surface area contributed by atoms with Crippen LogP contribution in [0, 0.1) is 0 Å². The van der Waals surface area contributed by atoms with Crippen LogP contribution in [0.25, 0.3) is 0 Å². The van der Waals surface area contributed by atoms with Gasteiger partial charge >= 0.3 is 0 Å². The predicted molar refractivity (Wildman–Crippen MR) is 68.3 cm³/mol. The molecule has 1 saturated carbocycles. The number of nitrogens with two attached hydrogens (primary N) is 1. The van der Waals surface area contributed by atoms with Crippen LogP contribution in [0.2, 0.25) is 0 Å². The van der Waals surface area contributed by atoms with E-state index in [0.717, 1.165) is 19.7 Å². The SMILES string of the molecule is COCCN(CCC(N)=NO)C1CCCCC1. The first-order chi connectivity index (χ1) is 8.27. The molecule has 100 valence electrons. The van der Waals surface area contributed by atoms with Crippen LogP contribution < -0.4 is 5.73 Å². The van der Waals surface area contributed by atoms with Gasteiger partial charge in [-0.05, 0) is 12.8 Å². The minimum absolute atomic E-state index is 0.309. The van der Waals surface area contributed by atoms with Gasteiger partial charge in [0.2, 0.25) is 0 Å². The molecule has 0 heterocycles. The van der Waals surface area contributed by atoms with E-state index in [1.807, 2.05) is 0 Å². The molecule has 1 fully saturated rings. The highest BCUT2D eigenvalue weighted by molar-refractivity contribution is 5.79. The summed E-state index contributed by atoms with van der Waals surface area (Å²) in [7, 11) is 1.72. The van der Waals surface area contributed by atoms with Crippen LogP contribution >= 0.6 is 0 Å². The maximum Gasteiger partial charge on any atom is 0.140 e. The molecule has 0 amide bonds. The molecule has 1 rings (SSSR count). The molecule has 1 aliphatic carbocycles. The normalized spacial score (nSPS) is 18.8. The van der Waals surface area contributed by atoms with Crippen LogP contribution in [-0.2, 0) is 4.74 Å². The molecule has 0 saturated heterocycles. The second-order valence-electron chi connectivity index (χ2n) is 4.66. The van der Waals surface area contributed by atoms with E-state index in [-0.39, 0.29) is 0 Å². The Hall–Kier alpha value is -0.810. The van der Waals surface area contributed by atoms with Gasteiger partial charge in [-0.3, -0.25) is 4.90 Å². The van der Waals surface area contributed by atoms with Gasteiger partial charge in [-0.15, -0.1) is 0 Å². The standard InChI is InChI=1S/C12H25N3O2/c1-17-10-9-15(8-7-12(13)14-16)11-5-3-2-4-6-11/h11,16H,2-10H2,1H3,(H2,13,14). The lowest BCUT2D eigenvalue weighted by molar-refractivity contribution is 0.104. The van der Waals surface area contributed by atoms with Crippen molar-refractivity contribution in [3.63, 3.8) is 0 Å². The van der Waals surface area contributed by atoms with Crippen molar-refractivity contribution < 1.29 is 9.94 Å². The molecule has 17 heavy (non-hydrogen) atoms. The Labute approximate surface area is 104 Å². The number of hydrogen-bond acceptors (Lipinski definition) is 4. The summed E-state index contributed by atoms with van der Waals surface area (Å²) in [5.74, 6) is 0.309. The van der Waals surface area contributed by atoms with E-state index < -0.39 is 0 Å². The summed E-state index contributed by atoms with van der Waals surface area (Å²) in [5.41, 5.74) is 5.52. The first-order valence-electron chi connectivity index (χ1n) is 6.47. The average molecular weight is 243 g/mol. The second kappa shape index (κ2) is 8.31. The summed E-state index contributed by atoms with van der Waals surface area (Å²) in [5, 5.41) is 11.6. The lowest BCUT2D eigenvalue weighted by Crippen LogP contribution is -2.40. The number of ether oxygens (including phenoxy) is 1. The molecule has 5 heteroatoms. The molecular formula is C12H25N3O2. The van der Waals surface area contributed by atoms with Crippen LogP contribution in [0.5, 0.6) is 0 Å². The molecule has 5 nitrogen and oxygen atoms in total. The van der Waals surface area contributed by atoms with E-state index in [9.17, 15) is 0 Å². The third-order valence-corrected chi connectivity index (χ3v) is 3.46. The molecule has 1 aliphatic rings. The Balaban J connectivity index is 2.40. The fraction of sp³-hybridized carbons (Fsp3) is 0.917. The van der Waals surface area contributed by atoms with E-state index in [2.05, 4.69) is 10.1 Å². The molecule has 0 aromatic rings. The summed E-state index contributed by atoms with van der Waals surface area (Å²) < 4.78 is 5.14. The van der Waals surface area contributed by atoms with Gasteiger partial charge in [0.15, 0.2) is 0 Å². The largest absolute Gasteiger partial charge is 0.409 e. The number of methoxy groups -OCH3 is 1. The van der Waals surface area contributed by atoms with Crippen molar-refractivity contribution in [3.8, 4) is 0 Å². The van der Waals surface area contributed by atoms with Crippen molar-refractivity contribution in [1.29, 1.82) is 0 Å². The van der Waals surface area contributed by atoms with Crippen molar-refractivity contribution in [2.45, 2.75) is 44.6 Å². The first-order valence-corrected chi connectivity index (χ1v) is 6.47. The zero-order valence-corrected chi connectivity index (χ0v) is 10.8. The molecule has 0 aromatic carbocycles. The zero-order valence-electron chi connectivity index (χ0n) is 10.8. The van der Waals surface area contributed by atoms with E-state index >= 15 is 0 Å². The van der Waals surface area contributed by atoms with Crippen molar-refractivity contribution in [1.82, 2.24) is 4.90 Å². The molecule has 3 N–H and O–H groups in total. The third kappa shape index (κ3) is 5.37. The second-order valence-corrected chi connectivity index (χ2v) is 4.66. The Morgan fingerprint density at radius 1 is 1.35 bits per heavy atom.